The molecule has 1 aromatic carbocycles. The van der Waals surface area contributed by atoms with Gasteiger partial charge in [0.1, 0.15) is 5.69 Å². The van der Waals surface area contributed by atoms with Crippen LogP contribution in [0.3, 0.4) is 0 Å². The molecule has 0 spiro atoms. The Hall–Kier alpha value is -2.38. The number of amides is 1. The van der Waals surface area contributed by atoms with Crippen LogP contribution in [0.4, 0.5) is 0 Å². The third kappa shape index (κ3) is 3.59. The second-order valence-electron chi connectivity index (χ2n) is 6.35. The molecule has 2 unspecified atom stereocenters. The Kier molecular flexibility index (Phi) is 5.29. The van der Waals surface area contributed by atoms with Gasteiger partial charge in [0.2, 0.25) is 0 Å². The third-order valence-corrected chi connectivity index (χ3v) is 4.90. The van der Waals surface area contributed by atoms with Gasteiger partial charge >= 0.3 is 5.97 Å². The molecule has 138 valence electrons. The summed E-state index contributed by atoms with van der Waals surface area (Å²) < 4.78 is 6.91. The van der Waals surface area contributed by atoms with Crippen LogP contribution in [-0.2, 0) is 16.6 Å². The Morgan fingerprint density at radius 1 is 1.38 bits per heavy atom. The molecule has 7 nitrogen and oxygen atoms in total. The minimum atomic E-state index is -0.943. The largest absolute Gasteiger partial charge is 0.481 e. The molecule has 1 aromatic heterocycles. The number of aromatic nitrogens is 2. The van der Waals surface area contributed by atoms with E-state index in [4.69, 9.17) is 21.4 Å². The summed E-state index contributed by atoms with van der Waals surface area (Å²) in [5.41, 5.74) is 1.54. The van der Waals surface area contributed by atoms with Crippen molar-refractivity contribution in [2.75, 3.05) is 13.7 Å². The van der Waals surface area contributed by atoms with E-state index in [1.165, 1.54) is 0 Å². The molecule has 1 aliphatic rings. The van der Waals surface area contributed by atoms with Gasteiger partial charge in [-0.3, -0.25) is 14.3 Å². The van der Waals surface area contributed by atoms with Crippen LogP contribution < -0.4 is 0 Å². The standard InChI is InChI=1S/C18H20ClN3O4/c1-21-10-14(17(20-21)13-5-3-4-6-15(13)19)18(25)22-9-12(26-2)7-11(22)8-16(23)24/h3-6,10-12H,7-9H2,1-2H3,(H,23,24). The van der Waals surface area contributed by atoms with E-state index in [0.717, 1.165) is 0 Å². The molecule has 1 fully saturated rings. The highest BCUT2D eigenvalue weighted by atomic mass is 35.5. The van der Waals surface area contributed by atoms with Crippen LogP contribution in [0, 0.1) is 0 Å². The van der Waals surface area contributed by atoms with E-state index in [2.05, 4.69) is 5.10 Å². The van der Waals surface area contributed by atoms with Gasteiger partial charge in [-0.2, -0.15) is 5.10 Å². The lowest BCUT2D eigenvalue weighted by Gasteiger charge is -2.23. The van der Waals surface area contributed by atoms with Crippen LogP contribution >= 0.6 is 11.6 Å². The van der Waals surface area contributed by atoms with Crippen LogP contribution in [0.15, 0.2) is 30.5 Å². The first-order valence-corrected chi connectivity index (χ1v) is 8.62. The predicted octanol–water partition coefficient (Wildman–Crippen LogP) is 2.44. The number of carbonyl (C=O) groups excluding carboxylic acids is 1. The molecule has 2 heterocycles. The Morgan fingerprint density at radius 3 is 2.77 bits per heavy atom. The van der Waals surface area contributed by atoms with Crippen molar-refractivity contribution in [3.8, 4) is 11.3 Å². The van der Waals surface area contributed by atoms with Crippen molar-refractivity contribution in [2.24, 2.45) is 7.05 Å². The fourth-order valence-corrected chi connectivity index (χ4v) is 3.57. The Morgan fingerprint density at radius 2 is 2.12 bits per heavy atom. The van der Waals surface area contributed by atoms with Crippen molar-refractivity contribution in [1.82, 2.24) is 14.7 Å². The van der Waals surface area contributed by atoms with Crippen molar-refractivity contribution in [3.63, 3.8) is 0 Å². The fourth-order valence-electron chi connectivity index (χ4n) is 3.34. The van der Waals surface area contributed by atoms with E-state index in [-0.39, 0.29) is 18.4 Å². The van der Waals surface area contributed by atoms with Crippen molar-refractivity contribution in [1.29, 1.82) is 0 Å². The zero-order valence-corrected chi connectivity index (χ0v) is 15.3. The number of likely N-dealkylation sites (tertiary alicyclic amines) is 1. The van der Waals surface area contributed by atoms with Crippen LogP contribution in [0.25, 0.3) is 11.3 Å². The quantitative estimate of drug-likeness (QED) is 0.865. The van der Waals surface area contributed by atoms with Gasteiger partial charge in [0.25, 0.3) is 5.91 Å². The molecular weight excluding hydrogens is 358 g/mol. The number of carboxylic acid groups (broad SMARTS) is 1. The maximum Gasteiger partial charge on any atom is 0.305 e. The van der Waals surface area contributed by atoms with Gasteiger partial charge in [-0.15, -0.1) is 0 Å². The normalized spacial score (nSPS) is 19.7. The van der Waals surface area contributed by atoms with Crippen molar-refractivity contribution >= 4 is 23.5 Å². The minimum Gasteiger partial charge on any atom is -0.481 e. The van der Waals surface area contributed by atoms with E-state index in [1.807, 2.05) is 12.1 Å². The number of methoxy groups -OCH3 is 1. The van der Waals surface area contributed by atoms with Crippen LogP contribution in [0.1, 0.15) is 23.2 Å². The predicted molar refractivity (Wildman–Crippen MR) is 96.1 cm³/mol. The molecule has 1 N–H and O–H groups in total. The number of hydrogen-bond acceptors (Lipinski definition) is 4. The summed E-state index contributed by atoms with van der Waals surface area (Å²) >= 11 is 6.28. The number of hydrogen-bond donors (Lipinski definition) is 1. The van der Waals surface area contributed by atoms with Gasteiger partial charge < -0.3 is 14.7 Å². The van der Waals surface area contributed by atoms with E-state index >= 15 is 0 Å². The summed E-state index contributed by atoms with van der Waals surface area (Å²) in [5, 5.41) is 14.1. The molecule has 3 rings (SSSR count). The van der Waals surface area contributed by atoms with Gasteiger partial charge in [0.05, 0.1) is 23.1 Å². The van der Waals surface area contributed by atoms with Crippen LogP contribution in [0.2, 0.25) is 5.02 Å². The zero-order valence-electron chi connectivity index (χ0n) is 14.6. The number of benzene rings is 1. The molecule has 0 radical (unpaired) electrons. The molecular formula is C18H20ClN3O4. The lowest BCUT2D eigenvalue weighted by molar-refractivity contribution is -0.137. The number of ether oxygens (including phenoxy) is 1. The number of carbonyl (C=O) groups is 2. The first-order valence-electron chi connectivity index (χ1n) is 8.24. The molecule has 0 saturated carbocycles. The van der Waals surface area contributed by atoms with Gasteiger partial charge in [-0.25, -0.2) is 0 Å². The number of aryl methyl sites for hydroxylation is 1. The van der Waals surface area contributed by atoms with E-state index in [9.17, 15) is 9.59 Å². The molecule has 0 bridgehead atoms. The van der Waals surface area contributed by atoms with Gasteiger partial charge in [-0.1, -0.05) is 29.8 Å². The highest BCUT2D eigenvalue weighted by Gasteiger charge is 2.38. The number of aliphatic carboxylic acids is 1. The lowest BCUT2D eigenvalue weighted by atomic mass is 10.1. The molecule has 8 heteroatoms. The molecule has 0 aliphatic carbocycles. The average molecular weight is 378 g/mol. The van der Waals surface area contributed by atoms with Gasteiger partial charge in [0, 0.05) is 38.5 Å². The maximum atomic E-state index is 13.2. The van der Waals surface area contributed by atoms with Crippen LogP contribution in [0.5, 0.6) is 0 Å². The fraction of sp³-hybridized carbons (Fsp3) is 0.389. The topological polar surface area (TPSA) is 84.7 Å². The molecule has 1 saturated heterocycles. The SMILES string of the molecule is COC1CC(CC(=O)O)N(C(=O)c2cn(C)nc2-c2ccccc2Cl)C1. The number of carboxylic acids is 1. The van der Waals surface area contributed by atoms with Crippen LogP contribution in [-0.4, -0.2) is 57.5 Å². The zero-order chi connectivity index (χ0) is 18.8. The molecule has 2 atom stereocenters. The molecule has 26 heavy (non-hydrogen) atoms. The Balaban J connectivity index is 1.97. The smallest absolute Gasteiger partial charge is 0.305 e. The Labute approximate surface area is 156 Å². The summed E-state index contributed by atoms with van der Waals surface area (Å²) in [6.07, 6.45) is 1.84. The van der Waals surface area contributed by atoms with Crippen molar-refractivity contribution in [3.05, 3.63) is 41.0 Å². The second kappa shape index (κ2) is 7.47. The summed E-state index contributed by atoms with van der Waals surface area (Å²) in [6, 6.07) is 6.77. The average Bonchev–Trinajstić information content (AvgIpc) is 3.17. The monoisotopic (exact) mass is 377 g/mol. The first kappa shape index (κ1) is 18.4. The van der Waals surface area contributed by atoms with E-state index < -0.39 is 12.0 Å². The van der Waals surface area contributed by atoms with E-state index in [1.54, 1.807) is 42.1 Å². The number of nitrogens with zero attached hydrogens (tertiary/aromatic N) is 3. The molecule has 2 aromatic rings. The summed E-state index contributed by atoms with van der Waals surface area (Å²) in [7, 11) is 3.30. The second-order valence-corrected chi connectivity index (χ2v) is 6.75. The first-order chi connectivity index (χ1) is 12.4. The van der Waals surface area contributed by atoms with Gasteiger partial charge in [-0.05, 0) is 12.5 Å². The third-order valence-electron chi connectivity index (χ3n) is 4.57. The summed E-state index contributed by atoms with van der Waals surface area (Å²) in [5.74, 6) is -1.21. The highest BCUT2D eigenvalue weighted by molar-refractivity contribution is 6.33. The summed E-state index contributed by atoms with van der Waals surface area (Å²) in [6.45, 7) is 0.351. The van der Waals surface area contributed by atoms with Gasteiger partial charge in [0.15, 0.2) is 0 Å². The van der Waals surface area contributed by atoms with Crippen molar-refractivity contribution < 1.29 is 19.4 Å². The lowest BCUT2D eigenvalue weighted by Crippen LogP contribution is -2.37. The Bertz CT molecular complexity index is 836. The van der Waals surface area contributed by atoms with E-state index in [0.29, 0.717) is 34.8 Å². The highest BCUT2D eigenvalue weighted by Crippen LogP contribution is 2.32. The number of halogens is 1. The number of rotatable bonds is 5. The molecule has 1 aliphatic heterocycles. The molecule has 1 amide bonds. The minimum absolute atomic E-state index is 0.118. The summed E-state index contributed by atoms with van der Waals surface area (Å²) in [4.78, 5) is 25.9. The van der Waals surface area contributed by atoms with Crippen molar-refractivity contribution in [2.45, 2.75) is 25.0 Å². The maximum absolute atomic E-state index is 13.2.